The zero-order valence-electron chi connectivity index (χ0n) is 13.3. The monoisotopic (exact) mass is 356 g/mol. The van der Waals surface area contributed by atoms with E-state index in [4.69, 9.17) is 11.5 Å². The molecular weight excluding hydrogens is 336 g/mol. The van der Waals surface area contributed by atoms with Gasteiger partial charge in [-0.25, -0.2) is 4.31 Å². The first kappa shape index (κ1) is 15.8. The van der Waals surface area contributed by atoms with E-state index in [1.165, 1.54) is 21.0 Å². The lowest BCUT2D eigenvalue weighted by atomic mass is 10.0. The number of aromatic nitrogens is 1. The lowest BCUT2D eigenvalue weighted by molar-refractivity contribution is 0.449. The Bertz CT molecular complexity index is 839. The van der Waals surface area contributed by atoms with Gasteiger partial charge < -0.3 is 16.0 Å². The highest BCUT2D eigenvalue weighted by atomic mass is 32.2. The Balaban J connectivity index is 1.60. The molecule has 1 aromatic carbocycles. The van der Waals surface area contributed by atoms with E-state index in [1.54, 1.807) is 11.9 Å². The molecule has 0 bridgehead atoms. The number of fused-ring (bicyclic) bond motifs is 1. The van der Waals surface area contributed by atoms with Gasteiger partial charge in [0.15, 0.2) is 0 Å². The first-order valence-electron chi connectivity index (χ1n) is 8.00. The SMILES string of the molecule is NCc1c(-n2cccc2)sc2c1CCN(Sc1ccccc1N)C2. The van der Waals surface area contributed by atoms with E-state index in [0.717, 1.165) is 30.1 Å². The quantitative estimate of drug-likeness (QED) is 0.553. The summed E-state index contributed by atoms with van der Waals surface area (Å²) in [4.78, 5) is 2.55. The molecule has 1 aliphatic rings. The van der Waals surface area contributed by atoms with Gasteiger partial charge in [-0.2, -0.15) is 0 Å². The molecule has 0 amide bonds. The van der Waals surface area contributed by atoms with Crippen molar-refractivity contribution in [2.24, 2.45) is 5.73 Å². The zero-order chi connectivity index (χ0) is 16.5. The van der Waals surface area contributed by atoms with E-state index in [0.29, 0.717) is 6.54 Å². The van der Waals surface area contributed by atoms with E-state index in [2.05, 4.69) is 39.5 Å². The number of nitrogen functional groups attached to an aromatic ring is 1. The molecule has 0 saturated carbocycles. The van der Waals surface area contributed by atoms with Gasteiger partial charge in [-0.3, -0.25) is 0 Å². The molecular formula is C18H20N4S2. The Morgan fingerprint density at radius 1 is 1.12 bits per heavy atom. The van der Waals surface area contributed by atoms with Crippen LogP contribution in [0.15, 0.2) is 53.7 Å². The third kappa shape index (κ3) is 2.86. The van der Waals surface area contributed by atoms with Crippen molar-refractivity contribution in [2.45, 2.75) is 24.4 Å². The molecule has 4 N–H and O–H groups in total. The maximum Gasteiger partial charge on any atom is 0.104 e. The standard InChI is InChI=1S/C18H20N4S2/c19-11-14-13-7-10-22(24-16-6-2-1-5-15(16)20)12-17(13)23-18(14)21-8-3-4-9-21/h1-6,8-9H,7,10-12,19-20H2. The van der Waals surface area contributed by atoms with Gasteiger partial charge in [-0.1, -0.05) is 12.1 Å². The van der Waals surface area contributed by atoms with Crippen LogP contribution in [0, 0.1) is 0 Å². The predicted octanol–water partition coefficient (Wildman–Crippen LogP) is 3.65. The van der Waals surface area contributed by atoms with Gasteiger partial charge in [0.1, 0.15) is 5.00 Å². The lowest BCUT2D eigenvalue weighted by Crippen LogP contribution is -2.24. The minimum atomic E-state index is 0.595. The molecule has 0 radical (unpaired) electrons. The minimum absolute atomic E-state index is 0.595. The molecule has 6 heteroatoms. The number of benzene rings is 1. The van der Waals surface area contributed by atoms with E-state index >= 15 is 0 Å². The first-order chi connectivity index (χ1) is 11.8. The Labute approximate surface area is 150 Å². The van der Waals surface area contributed by atoms with Crippen LogP contribution in [0.1, 0.15) is 16.0 Å². The van der Waals surface area contributed by atoms with Crippen molar-refractivity contribution >= 4 is 29.0 Å². The van der Waals surface area contributed by atoms with Crippen LogP contribution in [0.25, 0.3) is 5.00 Å². The van der Waals surface area contributed by atoms with Crippen LogP contribution >= 0.6 is 23.3 Å². The Kier molecular flexibility index (Phi) is 4.37. The van der Waals surface area contributed by atoms with Crippen molar-refractivity contribution in [3.63, 3.8) is 0 Å². The third-order valence-electron chi connectivity index (χ3n) is 4.30. The second kappa shape index (κ2) is 6.64. The molecule has 3 aromatic rings. The molecule has 0 atom stereocenters. The number of hydrogen-bond acceptors (Lipinski definition) is 5. The van der Waals surface area contributed by atoms with E-state index < -0.39 is 0 Å². The zero-order valence-corrected chi connectivity index (χ0v) is 14.9. The molecule has 124 valence electrons. The van der Waals surface area contributed by atoms with Crippen LogP contribution in [-0.4, -0.2) is 15.4 Å². The van der Waals surface area contributed by atoms with Crippen molar-refractivity contribution in [1.82, 2.24) is 8.87 Å². The van der Waals surface area contributed by atoms with Crippen LogP contribution in [-0.2, 0) is 19.5 Å². The molecule has 2 aromatic heterocycles. The summed E-state index contributed by atoms with van der Waals surface area (Å²) in [6.07, 6.45) is 5.22. The fourth-order valence-electron chi connectivity index (χ4n) is 3.10. The highest BCUT2D eigenvalue weighted by Crippen LogP contribution is 2.39. The van der Waals surface area contributed by atoms with Gasteiger partial charge >= 0.3 is 0 Å². The second-order valence-corrected chi connectivity index (χ2v) is 8.05. The van der Waals surface area contributed by atoms with Crippen LogP contribution in [0.2, 0.25) is 0 Å². The van der Waals surface area contributed by atoms with Gasteiger partial charge in [0.2, 0.25) is 0 Å². The summed E-state index contributed by atoms with van der Waals surface area (Å²) >= 11 is 3.61. The van der Waals surface area contributed by atoms with E-state index in [-0.39, 0.29) is 0 Å². The number of nitrogens with zero attached hydrogens (tertiary/aromatic N) is 2. The molecule has 0 aliphatic carbocycles. The molecule has 24 heavy (non-hydrogen) atoms. The first-order valence-corrected chi connectivity index (χ1v) is 9.59. The number of nitrogens with two attached hydrogens (primary N) is 2. The van der Waals surface area contributed by atoms with Crippen molar-refractivity contribution in [3.8, 4) is 5.00 Å². The van der Waals surface area contributed by atoms with Crippen LogP contribution in [0.3, 0.4) is 0 Å². The van der Waals surface area contributed by atoms with Gasteiger partial charge in [-0.15, -0.1) is 11.3 Å². The molecule has 4 rings (SSSR count). The number of hydrogen-bond donors (Lipinski definition) is 2. The summed E-state index contributed by atoms with van der Waals surface area (Å²) < 4.78 is 4.57. The Hall–Kier alpha value is -1.73. The van der Waals surface area contributed by atoms with Gasteiger partial charge in [0.05, 0.1) is 0 Å². The molecule has 0 fully saturated rings. The van der Waals surface area contributed by atoms with Crippen molar-refractivity contribution in [2.75, 3.05) is 12.3 Å². The summed E-state index contributed by atoms with van der Waals surface area (Å²) in [5.41, 5.74) is 15.7. The number of anilines is 1. The van der Waals surface area contributed by atoms with Crippen molar-refractivity contribution in [3.05, 3.63) is 64.8 Å². The fraction of sp³-hybridized carbons (Fsp3) is 0.222. The smallest absolute Gasteiger partial charge is 0.104 e. The van der Waals surface area contributed by atoms with Crippen LogP contribution < -0.4 is 11.5 Å². The van der Waals surface area contributed by atoms with Gasteiger partial charge in [-0.05, 0) is 48.2 Å². The van der Waals surface area contributed by atoms with Gasteiger partial charge in [0.25, 0.3) is 0 Å². The normalized spacial score (nSPS) is 14.7. The predicted molar refractivity (Wildman–Crippen MR) is 102 cm³/mol. The maximum absolute atomic E-state index is 6.08. The van der Waals surface area contributed by atoms with Crippen molar-refractivity contribution < 1.29 is 0 Å². The summed E-state index contributed by atoms with van der Waals surface area (Å²) in [7, 11) is 0. The maximum atomic E-state index is 6.08. The second-order valence-electron chi connectivity index (χ2n) is 5.82. The minimum Gasteiger partial charge on any atom is -0.398 e. The van der Waals surface area contributed by atoms with Crippen molar-refractivity contribution in [1.29, 1.82) is 0 Å². The summed E-state index contributed by atoms with van der Waals surface area (Å²) in [6, 6.07) is 12.2. The topological polar surface area (TPSA) is 60.2 Å². The van der Waals surface area contributed by atoms with E-state index in [1.807, 2.05) is 29.5 Å². The van der Waals surface area contributed by atoms with E-state index in [9.17, 15) is 0 Å². The fourth-order valence-corrected chi connectivity index (χ4v) is 5.51. The molecule has 0 saturated heterocycles. The number of thiophene rings is 1. The molecule has 0 unspecified atom stereocenters. The molecule has 4 nitrogen and oxygen atoms in total. The number of rotatable bonds is 4. The Morgan fingerprint density at radius 3 is 2.67 bits per heavy atom. The molecule has 1 aliphatic heterocycles. The largest absolute Gasteiger partial charge is 0.398 e. The van der Waals surface area contributed by atoms with Crippen LogP contribution in [0.5, 0.6) is 0 Å². The van der Waals surface area contributed by atoms with Crippen LogP contribution in [0.4, 0.5) is 5.69 Å². The third-order valence-corrected chi connectivity index (χ3v) is 6.71. The molecule has 0 spiro atoms. The summed E-state index contributed by atoms with van der Waals surface area (Å²) in [6.45, 7) is 2.55. The lowest BCUT2D eigenvalue weighted by Gasteiger charge is -2.26. The van der Waals surface area contributed by atoms with Gasteiger partial charge in [0, 0.05) is 53.1 Å². The number of para-hydroxylation sites is 1. The summed E-state index contributed by atoms with van der Waals surface area (Å²) in [5.74, 6) is 0. The average Bonchev–Trinajstić information content (AvgIpc) is 3.23. The average molecular weight is 357 g/mol. The highest BCUT2D eigenvalue weighted by molar-refractivity contribution is 7.97. The highest BCUT2D eigenvalue weighted by Gasteiger charge is 2.25. The summed E-state index contributed by atoms with van der Waals surface area (Å²) in [5, 5.41) is 1.26. The molecule has 3 heterocycles. The Morgan fingerprint density at radius 2 is 1.92 bits per heavy atom.